The average Bonchev–Trinajstić information content (AvgIpc) is 2.85. The molecule has 1 heterocycles. The normalized spacial score (nSPS) is 15.6. The third kappa shape index (κ3) is 5.66. The van der Waals surface area contributed by atoms with Gasteiger partial charge < -0.3 is 15.0 Å². The molecule has 2 amide bonds. The standard InChI is InChI=1S/C27H26N2O4S/c1-18(33-27(32)22-13-14-24-23(15-22)28-25(30)19(2)34-24)26(31)29(16-20-9-5-3-6-10-20)17-21-11-7-4-8-12-21/h3-15,18-19H,16-17H2,1-2H3,(H,28,30). The molecular formula is C27H26N2O4S. The third-order valence-electron chi connectivity index (χ3n) is 5.52. The van der Waals surface area contributed by atoms with Gasteiger partial charge in [0.1, 0.15) is 0 Å². The van der Waals surface area contributed by atoms with Crippen molar-refractivity contribution in [1.29, 1.82) is 0 Å². The second-order valence-electron chi connectivity index (χ2n) is 8.17. The summed E-state index contributed by atoms with van der Waals surface area (Å²) < 4.78 is 5.54. The first-order valence-corrected chi connectivity index (χ1v) is 12.0. The molecule has 6 nitrogen and oxygen atoms in total. The lowest BCUT2D eigenvalue weighted by atomic mass is 10.1. The molecule has 0 saturated carbocycles. The zero-order chi connectivity index (χ0) is 24.1. The Kier molecular flexibility index (Phi) is 7.33. The average molecular weight is 475 g/mol. The van der Waals surface area contributed by atoms with Crippen molar-refractivity contribution in [3.63, 3.8) is 0 Å². The molecule has 0 bridgehead atoms. The molecule has 3 aromatic carbocycles. The van der Waals surface area contributed by atoms with E-state index in [1.807, 2.05) is 67.6 Å². The molecule has 0 aliphatic carbocycles. The molecule has 0 aromatic heterocycles. The van der Waals surface area contributed by atoms with Crippen molar-refractivity contribution in [3.05, 3.63) is 95.6 Å². The van der Waals surface area contributed by atoms with Crippen molar-refractivity contribution in [2.75, 3.05) is 5.32 Å². The molecule has 0 spiro atoms. The van der Waals surface area contributed by atoms with E-state index in [-0.39, 0.29) is 22.6 Å². The van der Waals surface area contributed by atoms with Crippen molar-refractivity contribution in [2.45, 2.75) is 43.2 Å². The summed E-state index contributed by atoms with van der Waals surface area (Å²) in [7, 11) is 0. The number of nitrogens with one attached hydrogen (secondary N) is 1. The van der Waals surface area contributed by atoms with Gasteiger partial charge in [-0.15, -0.1) is 11.8 Å². The second kappa shape index (κ2) is 10.6. The number of fused-ring (bicyclic) bond motifs is 1. The molecule has 4 rings (SSSR count). The molecule has 34 heavy (non-hydrogen) atoms. The fourth-order valence-electron chi connectivity index (χ4n) is 3.69. The number of carbonyl (C=O) groups is 3. The van der Waals surface area contributed by atoms with E-state index in [2.05, 4.69) is 5.32 Å². The molecule has 7 heteroatoms. The third-order valence-corrected chi connectivity index (χ3v) is 6.70. The van der Waals surface area contributed by atoms with Gasteiger partial charge in [0.15, 0.2) is 6.10 Å². The monoisotopic (exact) mass is 474 g/mol. The fourth-order valence-corrected chi connectivity index (χ4v) is 4.62. The first kappa shape index (κ1) is 23.6. The largest absolute Gasteiger partial charge is 0.449 e. The Labute approximate surface area is 203 Å². The zero-order valence-electron chi connectivity index (χ0n) is 19.1. The summed E-state index contributed by atoms with van der Waals surface area (Å²) >= 11 is 1.44. The Morgan fingerprint density at radius 2 is 1.56 bits per heavy atom. The topological polar surface area (TPSA) is 75.7 Å². The van der Waals surface area contributed by atoms with Crippen molar-refractivity contribution in [3.8, 4) is 0 Å². The molecule has 3 aromatic rings. The van der Waals surface area contributed by atoms with Gasteiger partial charge in [0.05, 0.1) is 16.5 Å². The van der Waals surface area contributed by atoms with Crippen LogP contribution in [0.3, 0.4) is 0 Å². The highest BCUT2D eigenvalue weighted by Crippen LogP contribution is 2.36. The van der Waals surface area contributed by atoms with Crippen LogP contribution >= 0.6 is 11.8 Å². The van der Waals surface area contributed by atoms with Crippen LogP contribution in [0.25, 0.3) is 0 Å². The maximum absolute atomic E-state index is 13.3. The smallest absolute Gasteiger partial charge is 0.338 e. The van der Waals surface area contributed by atoms with Crippen LogP contribution < -0.4 is 5.32 Å². The van der Waals surface area contributed by atoms with Crippen molar-refractivity contribution < 1.29 is 19.1 Å². The first-order chi connectivity index (χ1) is 16.4. The minimum atomic E-state index is -0.972. The Morgan fingerprint density at radius 3 is 2.15 bits per heavy atom. The van der Waals surface area contributed by atoms with E-state index in [0.29, 0.717) is 18.8 Å². The molecule has 1 N–H and O–H groups in total. The number of hydrogen-bond donors (Lipinski definition) is 1. The highest BCUT2D eigenvalue weighted by molar-refractivity contribution is 8.00. The Bertz CT molecular complexity index is 1140. The maximum Gasteiger partial charge on any atom is 0.338 e. The maximum atomic E-state index is 13.3. The summed E-state index contributed by atoms with van der Waals surface area (Å²) in [6.45, 7) is 4.21. The second-order valence-corrected chi connectivity index (χ2v) is 9.56. The summed E-state index contributed by atoms with van der Waals surface area (Å²) in [5.41, 5.74) is 2.84. The van der Waals surface area contributed by atoms with Gasteiger partial charge in [-0.25, -0.2) is 4.79 Å². The van der Waals surface area contributed by atoms with Crippen LogP contribution in [-0.2, 0) is 27.4 Å². The molecule has 0 radical (unpaired) electrons. The van der Waals surface area contributed by atoms with Gasteiger partial charge in [0, 0.05) is 18.0 Å². The van der Waals surface area contributed by atoms with Gasteiger partial charge in [-0.2, -0.15) is 0 Å². The number of rotatable bonds is 7. The van der Waals surface area contributed by atoms with Gasteiger partial charge in [-0.05, 0) is 43.2 Å². The quantitative estimate of drug-likeness (QED) is 0.493. The van der Waals surface area contributed by atoms with Gasteiger partial charge in [0.25, 0.3) is 5.91 Å². The summed E-state index contributed by atoms with van der Waals surface area (Å²) in [5, 5.41) is 2.62. The fraction of sp³-hybridized carbons (Fsp3) is 0.222. The Morgan fingerprint density at radius 1 is 0.971 bits per heavy atom. The summed E-state index contributed by atoms with van der Waals surface area (Å²) in [6, 6.07) is 24.4. The van der Waals surface area contributed by atoms with E-state index in [9.17, 15) is 14.4 Å². The molecule has 2 atom stereocenters. The Balaban J connectivity index is 1.47. The van der Waals surface area contributed by atoms with Crippen LogP contribution in [0.2, 0.25) is 0 Å². The van der Waals surface area contributed by atoms with E-state index in [0.717, 1.165) is 16.0 Å². The molecule has 1 aliphatic heterocycles. The summed E-state index contributed by atoms with van der Waals surface area (Å²) in [4.78, 5) is 40.7. The number of amides is 2. The number of nitrogens with zero attached hydrogens (tertiary/aromatic N) is 1. The minimum absolute atomic E-state index is 0.107. The van der Waals surface area contributed by atoms with Gasteiger partial charge in [0.2, 0.25) is 5.91 Å². The molecule has 174 valence electrons. The Hall–Kier alpha value is -3.58. The summed E-state index contributed by atoms with van der Waals surface area (Å²) in [6.07, 6.45) is -0.972. The number of carbonyl (C=O) groups excluding carboxylic acids is 3. The highest BCUT2D eigenvalue weighted by atomic mass is 32.2. The van der Waals surface area contributed by atoms with Crippen LogP contribution in [-0.4, -0.2) is 34.0 Å². The number of anilines is 1. The molecule has 0 saturated heterocycles. The predicted molar refractivity (Wildman–Crippen MR) is 132 cm³/mol. The van der Waals surface area contributed by atoms with Gasteiger partial charge in [-0.1, -0.05) is 60.7 Å². The van der Waals surface area contributed by atoms with Crippen LogP contribution in [0, 0.1) is 0 Å². The van der Waals surface area contributed by atoms with E-state index in [1.54, 1.807) is 30.0 Å². The van der Waals surface area contributed by atoms with E-state index >= 15 is 0 Å². The highest BCUT2D eigenvalue weighted by Gasteiger charge is 2.27. The van der Waals surface area contributed by atoms with Crippen LogP contribution in [0.4, 0.5) is 5.69 Å². The molecule has 2 unspecified atom stereocenters. The minimum Gasteiger partial charge on any atom is -0.449 e. The molecule has 1 aliphatic rings. The summed E-state index contributed by atoms with van der Waals surface area (Å²) in [5.74, 6) is -0.998. The number of esters is 1. The van der Waals surface area contributed by atoms with E-state index in [1.165, 1.54) is 11.8 Å². The number of hydrogen-bond acceptors (Lipinski definition) is 5. The number of thioether (sulfide) groups is 1. The lowest BCUT2D eigenvalue weighted by Crippen LogP contribution is -2.39. The number of ether oxygens (including phenoxy) is 1. The van der Waals surface area contributed by atoms with Crippen molar-refractivity contribution in [1.82, 2.24) is 4.90 Å². The zero-order valence-corrected chi connectivity index (χ0v) is 19.9. The van der Waals surface area contributed by atoms with Crippen LogP contribution in [0.15, 0.2) is 83.8 Å². The van der Waals surface area contributed by atoms with Crippen molar-refractivity contribution >= 4 is 35.2 Å². The van der Waals surface area contributed by atoms with Crippen molar-refractivity contribution in [2.24, 2.45) is 0 Å². The SMILES string of the molecule is CC(OC(=O)c1ccc2c(c1)NC(=O)C(C)S2)C(=O)N(Cc1ccccc1)Cc1ccccc1. The molecule has 0 fully saturated rings. The number of benzene rings is 3. The lowest BCUT2D eigenvalue weighted by molar-refractivity contribution is -0.141. The van der Waals surface area contributed by atoms with Crippen LogP contribution in [0.5, 0.6) is 0 Å². The first-order valence-electron chi connectivity index (χ1n) is 11.1. The van der Waals surface area contributed by atoms with Gasteiger partial charge in [-0.3, -0.25) is 9.59 Å². The molecular weight excluding hydrogens is 448 g/mol. The van der Waals surface area contributed by atoms with E-state index in [4.69, 9.17) is 4.74 Å². The predicted octanol–water partition coefficient (Wildman–Crippen LogP) is 4.89. The van der Waals surface area contributed by atoms with Crippen LogP contribution in [0.1, 0.15) is 35.3 Å². The van der Waals surface area contributed by atoms with E-state index < -0.39 is 12.1 Å². The lowest BCUT2D eigenvalue weighted by Gasteiger charge is -2.26. The van der Waals surface area contributed by atoms with Gasteiger partial charge >= 0.3 is 5.97 Å².